The zero-order valence-electron chi connectivity index (χ0n) is 19.9. The van der Waals surface area contributed by atoms with E-state index in [9.17, 15) is 18.7 Å². The third-order valence-corrected chi connectivity index (χ3v) is 7.78. The van der Waals surface area contributed by atoms with Gasteiger partial charge in [-0.05, 0) is 73.9 Å². The first-order valence-electron chi connectivity index (χ1n) is 12.7. The van der Waals surface area contributed by atoms with E-state index < -0.39 is 17.7 Å². The Morgan fingerprint density at radius 3 is 2.57 bits per heavy atom. The van der Waals surface area contributed by atoms with Gasteiger partial charge in [-0.1, -0.05) is 30.3 Å². The van der Waals surface area contributed by atoms with E-state index in [-0.39, 0.29) is 30.3 Å². The first-order valence-corrected chi connectivity index (χ1v) is 12.7. The average Bonchev–Trinajstić information content (AvgIpc) is 2.86. The summed E-state index contributed by atoms with van der Waals surface area (Å²) >= 11 is 0. The summed E-state index contributed by atoms with van der Waals surface area (Å²) in [7, 11) is 0. The first-order chi connectivity index (χ1) is 17.0. The van der Waals surface area contributed by atoms with Crippen LogP contribution in [0.2, 0.25) is 0 Å². The van der Waals surface area contributed by atoms with Crippen molar-refractivity contribution in [3.8, 4) is 0 Å². The minimum atomic E-state index is -0.663. The standard InChI is InChI=1S/C28H33F2N3O2/c29-22-12-13-23(30)24(16-22)31-28(35)32-14-4-5-15-33-25(17-32)27(26(33)18-34)21-10-8-20(9-11-21)19-6-2-1-3-7-19/h6,8-13,16,25-27,34H,1-5,7,14-15,17-18H2,(H,31,35)/t25-,26+,27+/m0/s1. The molecule has 2 aromatic carbocycles. The van der Waals surface area contributed by atoms with Gasteiger partial charge < -0.3 is 15.3 Å². The Balaban J connectivity index is 1.34. The van der Waals surface area contributed by atoms with Crippen LogP contribution in [0.1, 0.15) is 55.6 Å². The zero-order chi connectivity index (χ0) is 24.4. The lowest BCUT2D eigenvalue weighted by molar-refractivity contribution is -0.0585. The maximum absolute atomic E-state index is 14.1. The number of carbonyl (C=O) groups excluding carboxylic acids is 1. The van der Waals surface area contributed by atoms with Gasteiger partial charge in [0, 0.05) is 37.2 Å². The molecule has 0 bridgehead atoms. The summed E-state index contributed by atoms with van der Waals surface area (Å²) in [6.45, 7) is 1.97. The van der Waals surface area contributed by atoms with Crippen molar-refractivity contribution in [1.29, 1.82) is 0 Å². The zero-order valence-corrected chi connectivity index (χ0v) is 19.9. The molecular weight excluding hydrogens is 448 g/mol. The molecule has 0 saturated carbocycles. The van der Waals surface area contributed by atoms with Crippen molar-refractivity contribution in [3.05, 3.63) is 71.3 Å². The highest BCUT2D eigenvalue weighted by atomic mass is 19.1. The van der Waals surface area contributed by atoms with Crippen LogP contribution in [0.4, 0.5) is 19.3 Å². The number of anilines is 1. The average molecular weight is 482 g/mol. The molecule has 5 nitrogen and oxygen atoms in total. The number of aliphatic hydroxyl groups is 1. The minimum absolute atomic E-state index is 0.0171. The molecular formula is C28H33F2N3O2. The molecule has 2 amide bonds. The van der Waals surface area contributed by atoms with E-state index in [1.54, 1.807) is 4.90 Å². The van der Waals surface area contributed by atoms with Crippen LogP contribution in [0, 0.1) is 11.6 Å². The molecule has 3 atom stereocenters. The van der Waals surface area contributed by atoms with Crippen molar-refractivity contribution in [2.24, 2.45) is 0 Å². The number of rotatable bonds is 4. The van der Waals surface area contributed by atoms with Gasteiger partial charge in [0.15, 0.2) is 0 Å². The van der Waals surface area contributed by atoms with E-state index in [0.717, 1.165) is 50.4 Å². The molecule has 2 heterocycles. The second-order valence-corrected chi connectivity index (χ2v) is 9.89. The number of fused-ring (bicyclic) bond motifs is 1. The largest absolute Gasteiger partial charge is 0.395 e. The smallest absolute Gasteiger partial charge is 0.321 e. The molecule has 0 spiro atoms. The Hall–Kier alpha value is -2.77. The predicted molar refractivity (Wildman–Crippen MR) is 133 cm³/mol. The Morgan fingerprint density at radius 2 is 1.83 bits per heavy atom. The highest BCUT2D eigenvalue weighted by Gasteiger charge is 2.49. The molecule has 2 fully saturated rings. The van der Waals surface area contributed by atoms with Crippen LogP contribution in [-0.4, -0.2) is 59.3 Å². The van der Waals surface area contributed by atoms with Gasteiger partial charge in [0.1, 0.15) is 11.6 Å². The van der Waals surface area contributed by atoms with Crippen LogP contribution in [0.5, 0.6) is 0 Å². The van der Waals surface area contributed by atoms with Gasteiger partial charge in [0.2, 0.25) is 0 Å². The van der Waals surface area contributed by atoms with Gasteiger partial charge in [-0.2, -0.15) is 0 Å². The second kappa shape index (κ2) is 10.5. The normalized spacial score (nSPS) is 25.1. The summed E-state index contributed by atoms with van der Waals surface area (Å²) in [5.74, 6) is -1.16. The fourth-order valence-electron chi connectivity index (χ4n) is 5.93. The SMILES string of the molecule is O=C(Nc1cc(F)ccc1F)N1CCCCN2[C@H](CO)[C@H](c3ccc(C4=CCCCC4)cc3)[C@@H]2C1. The highest BCUT2D eigenvalue weighted by molar-refractivity contribution is 5.89. The summed E-state index contributed by atoms with van der Waals surface area (Å²) in [6.07, 6.45) is 8.81. The summed E-state index contributed by atoms with van der Waals surface area (Å²) in [6, 6.07) is 11.4. The van der Waals surface area contributed by atoms with Crippen molar-refractivity contribution in [2.45, 2.75) is 56.5 Å². The number of allylic oxidation sites excluding steroid dienone is 2. The Morgan fingerprint density at radius 1 is 1.03 bits per heavy atom. The maximum atomic E-state index is 14.1. The topological polar surface area (TPSA) is 55.8 Å². The highest BCUT2D eigenvalue weighted by Crippen LogP contribution is 2.42. The lowest BCUT2D eigenvalue weighted by Gasteiger charge is -2.57. The number of halogens is 2. The summed E-state index contributed by atoms with van der Waals surface area (Å²) < 4.78 is 27.7. The van der Waals surface area contributed by atoms with Crippen LogP contribution in [0.15, 0.2) is 48.5 Å². The summed E-state index contributed by atoms with van der Waals surface area (Å²) in [4.78, 5) is 17.0. The maximum Gasteiger partial charge on any atom is 0.321 e. The number of benzene rings is 2. The van der Waals surface area contributed by atoms with Gasteiger partial charge in [-0.25, -0.2) is 13.6 Å². The van der Waals surface area contributed by atoms with E-state index >= 15 is 0 Å². The quantitative estimate of drug-likeness (QED) is 0.617. The minimum Gasteiger partial charge on any atom is -0.395 e. The van der Waals surface area contributed by atoms with Gasteiger partial charge in [0.25, 0.3) is 0 Å². The molecule has 0 unspecified atom stereocenters. The van der Waals surface area contributed by atoms with Crippen molar-refractivity contribution in [3.63, 3.8) is 0 Å². The molecule has 3 aliphatic rings. The van der Waals surface area contributed by atoms with E-state index in [2.05, 4.69) is 40.6 Å². The molecule has 2 saturated heterocycles. The molecule has 0 radical (unpaired) electrons. The Labute approximate surface area is 205 Å². The van der Waals surface area contributed by atoms with Crippen LogP contribution in [0.3, 0.4) is 0 Å². The van der Waals surface area contributed by atoms with Crippen LogP contribution < -0.4 is 5.32 Å². The molecule has 0 aromatic heterocycles. The number of hydrogen-bond acceptors (Lipinski definition) is 3. The fraction of sp³-hybridized carbons (Fsp3) is 0.464. The number of amides is 2. The molecule has 7 heteroatoms. The van der Waals surface area contributed by atoms with E-state index in [0.29, 0.717) is 13.1 Å². The van der Waals surface area contributed by atoms with Crippen molar-refractivity contribution < 1.29 is 18.7 Å². The van der Waals surface area contributed by atoms with Crippen LogP contribution >= 0.6 is 0 Å². The lowest BCUT2D eigenvalue weighted by atomic mass is 9.74. The van der Waals surface area contributed by atoms with E-state index in [1.165, 1.54) is 29.5 Å². The Kier molecular flexibility index (Phi) is 7.16. The summed E-state index contributed by atoms with van der Waals surface area (Å²) in [5.41, 5.74) is 3.69. The lowest BCUT2D eigenvalue weighted by Crippen LogP contribution is -2.68. The van der Waals surface area contributed by atoms with Crippen molar-refractivity contribution >= 4 is 17.3 Å². The number of hydrogen-bond donors (Lipinski definition) is 2. The number of aliphatic hydroxyl groups excluding tert-OH is 1. The van der Waals surface area contributed by atoms with Crippen molar-refractivity contribution in [2.75, 3.05) is 31.6 Å². The third-order valence-electron chi connectivity index (χ3n) is 7.78. The number of nitrogens with one attached hydrogen (secondary N) is 1. The summed E-state index contributed by atoms with van der Waals surface area (Å²) in [5, 5.41) is 12.7. The van der Waals surface area contributed by atoms with Gasteiger partial charge in [-0.15, -0.1) is 0 Å². The fourth-order valence-corrected chi connectivity index (χ4v) is 5.93. The molecule has 2 aromatic rings. The molecule has 2 N–H and O–H groups in total. The molecule has 5 rings (SSSR count). The molecule has 2 aliphatic heterocycles. The molecule has 35 heavy (non-hydrogen) atoms. The molecule has 1 aliphatic carbocycles. The predicted octanol–water partition coefficient (Wildman–Crippen LogP) is 5.38. The van der Waals surface area contributed by atoms with E-state index in [1.807, 2.05) is 0 Å². The van der Waals surface area contributed by atoms with Gasteiger partial charge in [0.05, 0.1) is 12.3 Å². The van der Waals surface area contributed by atoms with Crippen LogP contribution in [0.25, 0.3) is 5.57 Å². The monoisotopic (exact) mass is 481 g/mol. The second-order valence-electron chi connectivity index (χ2n) is 9.89. The number of nitrogens with zero attached hydrogens (tertiary/aromatic N) is 2. The van der Waals surface area contributed by atoms with Crippen LogP contribution in [-0.2, 0) is 0 Å². The first kappa shape index (κ1) is 23.9. The third kappa shape index (κ3) is 4.98. The van der Waals surface area contributed by atoms with E-state index in [4.69, 9.17) is 0 Å². The van der Waals surface area contributed by atoms with Gasteiger partial charge in [-0.3, -0.25) is 4.90 Å². The number of carbonyl (C=O) groups is 1. The van der Waals surface area contributed by atoms with Gasteiger partial charge >= 0.3 is 6.03 Å². The number of urea groups is 1. The van der Waals surface area contributed by atoms with Crippen molar-refractivity contribution in [1.82, 2.24) is 9.80 Å². The Bertz CT molecular complexity index is 1090. The molecule has 186 valence electrons.